The van der Waals surface area contributed by atoms with Crippen LogP contribution >= 0.6 is 11.3 Å². The van der Waals surface area contributed by atoms with Crippen LogP contribution in [0.5, 0.6) is 0 Å². The summed E-state index contributed by atoms with van der Waals surface area (Å²) >= 11 is 1.82. The molecule has 8 aromatic carbocycles. The Morgan fingerprint density at radius 2 is 1.10 bits per heavy atom. The minimum atomic E-state index is 0.652. The molecule has 0 saturated carbocycles. The van der Waals surface area contributed by atoms with E-state index in [0.717, 1.165) is 33.7 Å². The summed E-state index contributed by atoms with van der Waals surface area (Å²) < 4.78 is 8.71. The Kier molecular flexibility index (Phi) is 7.00. The zero-order valence-electron chi connectivity index (χ0n) is 27.5. The van der Waals surface area contributed by atoms with E-state index in [9.17, 15) is 0 Å². The zero-order valence-corrected chi connectivity index (χ0v) is 28.3. The van der Waals surface area contributed by atoms with Crippen molar-refractivity contribution >= 4 is 70.4 Å². The fraction of sp³-hybridized carbons (Fsp3) is 0. The van der Waals surface area contributed by atoms with Gasteiger partial charge in [0.2, 0.25) is 5.89 Å². The maximum Gasteiger partial charge on any atom is 0.227 e. The third-order valence-electron chi connectivity index (χ3n) is 9.69. The van der Waals surface area contributed by atoms with Crippen LogP contribution in [0.15, 0.2) is 186 Å². The van der Waals surface area contributed by atoms with E-state index < -0.39 is 0 Å². The molecule has 3 nitrogen and oxygen atoms in total. The highest BCUT2D eigenvalue weighted by atomic mass is 32.1. The average molecular weight is 671 g/mol. The second-order valence-corrected chi connectivity index (χ2v) is 13.9. The molecular formula is C47H30N2OS. The lowest BCUT2D eigenvalue weighted by Gasteiger charge is -2.26. The van der Waals surface area contributed by atoms with Gasteiger partial charge < -0.3 is 9.32 Å². The number of aromatic nitrogens is 1. The molecule has 0 spiro atoms. The lowest BCUT2D eigenvalue weighted by atomic mass is 10.0. The Bertz CT molecular complexity index is 2840. The first kappa shape index (κ1) is 29.4. The first-order valence-corrected chi connectivity index (χ1v) is 17.9. The quantitative estimate of drug-likeness (QED) is 0.176. The summed E-state index contributed by atoms with van der Waals surface area (Å²) in [7, 11) is 0. The molecule has 240 valence electrons. The Morgan fingerprint density at radius 1 is 0.451 bits per heavy atom. The third kappa shape index (κ3) is 5.25. The topological polar surface area (TPSA) is 29.3 Å². The number of fused-ring (bicyclic) bond motifs is 5. The van der Waals surface area contributed by atoms with Crippen LogP contribution in [-0.2, 0) is 0 Å². The monoisotopic (exact) mass is 670 g/mol. The van der Waals surface area contributed by atoms with Crippen LogP contribution < -0.4 is 4.90 Å². The summed E-state index contributed by atoms with van der Waals surface area (Å²) in [5.74, 6) is 0.652. The van der Waals surface area contributed by atoms with Crippen molar-refractivity contribution in [3.05, 3.63) is 182 Å². The Hall–Kier alpha value is -6.49. The highest BCUT2D eigenvalue weighted by Gasteiger charge is 2.17. The van der Waals surface area contributed by atoms with Gasteiger partial charge in [-0.3, -0.25) is 0 Å². The number of anilines is 3. The van der Waals surface area contributed by atoms with E-state index in [2.05, 4.69) is 157 Å². The van der Waals surface area contributed by atoms with Crippen molar-refractivity contribution in [3.63, 3.8) is 0 Å². The second kappa shape index (κ2) is 12.1. The minimum Gasteiger partial charge on any atom is -0.436 e. The Labute approximate surface area is 299 Å². The van der Waals surface area contributed by atoms with Gasteiger partial charge in [0.05, 0.1) is 0 Å². The highest BCUT2D eigenvalue weighted by molar-refractivity contribution is 7.26. The summed E-state index contributed by atoms with van der Waals surface area (Å²) in [6.45, 7) is 0. The molecule has 0 aliphatic heterocycles. The second-order valence-electron chi connectivity index (χ2n) is 12.8. The molecule has 10 rings (SSSR count). The molecule has 51 heavy (non-hydrogen) atoms. The molecule has 0 fully saturated rings. The molecule has 0 bridgehead atoms. The van der Waals surface area contributed by atoms with Gasteiger partial charge in [-0.05, 0) is 99.8 Å². The smallest absolute Gasteiger partial charge is 0.227 e. The van der Waals surface area contributed by atoms with Crippen molar-refractivity contribution < 1.29 is 4.42 Å². The van der Waals surface area contributed by atoms with Crippen LogP contribution in [0, 0.1) is 0 Å². The standard InChI is InChI=1S/C47H30N2OS/c1-3-11-34(12-4-1)47-48-43-30-45-42(29-44(43)50-47)41-17-9-16-40(46(41)51-45)33-22-26-39(27-23-33)49(37-14-5-2-6-15-37)38-24-20-32(21-25-38)36-19-18-31-10-7-8-13-35(31)28-36/h1-30H. The van der Waals surface area contributed by atoms with Gasteiger partial charge in [0.15, 0.2) is 5.58 Å². The largest absolute Gasteiger partial charge is 0.436 e. The van der Waals surface area contributed by atoms with Crippen LogP contribution in [0.3, 0.4) is 0 Å². The Morgan fingerprint density at radius 3 is 1.86 bits per heavy atom. The van der Waals surface area contributed by atoms with E-state index in [4.69, 9.17) is 9.40 Å². The van der Waals surface area contributed by atoms with Crippen LogP contribution in [0.25, 0.3) is 75.8 Å². The van der Waals surface area contributed by atoms with E-state index >= 15 is 0 Å². The number of hydrogen-bond acceptors (Lipinski definition) is 4. The lowest BCUT2D eigenvalue weighted by Crippen LogP contribution is -2.09. The van der Waals surface area contributed by atoms with E-state index in [1.165, 1.54) is 53.2 Å². The molecule has 2 heterocycles. The molecule has 0 amide bonds. The summed E-state index contributed by atoms with van der Waals surface area (Å²) in [4.78, 5) is 7.15. The molecule has 10 aromatic rings. The maximum absolute atomic E-state index is 6.24. The maximum atomic E-state index is 6.24. The fourth-order valence-corrected chi connectivity index (χ4v) is 8.39. The van der Waals surface area contributed by atoms with Gasteiger partial charge in [-0.15, -0.1) is 11.3 Å². The van der Waals surface area contributed by atoms with Crippen molar-refractivity contribution in [2.24, 2.45) is 0 Å². The Balaban J connectivity index is 1.00. The van der Waals surface area contributed by atoms with Gasteiger partial charge in [-0.25, -0.2) is 4.98 Å². The predicted octanol–water partition coefficient (Wildman–Crippen LogP) is 13.8. The van der Waals surface area contributed by atoms with Gasteiger partial charge in [-0.2, -0.15) is 0 Å². The number of nitrogens with zero attached hydrogens (tertiary/aromatic N) is 2. The van der Waals surface area contributed by atoms with Gasteiger partial charge in [-0.1, -0.05) is 115 Å². The number of oxazole rings is 1. The van der Waals surface area contributed by atoms with E-state index in [1.807, 2.05) is 41.7 Å². The fourth-order valence-electron chi connectivity index (χ4n) is 7.14. The molecule has 0 aliphatic carbocycles. The van der Waals surface area contributed by atoms with Crippen molar-refractivity contribution in [1.29, 1.82) is 0 Å². The third-order valence-corrected chi connectivity index (χ3v) is 10.9. The molecule has 0 unspecified atom stereocenters. The van der Waals surface area contributed by atoms with Gasteiger partial charge >= 0.3 is 0 Å². The zero-order chi connectivity index (χ0) is 33.7. The number of hydrogen-bond donors (Lipinski definition) is 0. The van der Waals surface area contributed by atoms with Crippen molar-refractivity contribution in [2.45, 2.75) is 0 Å². The molecule has 4 heteroatoms. The summed E-state index contributed by atoms with van der Waals surface area (Å²) in [6, 6.07) is 64.6. The summed E-state index contributed by atoms with van der Waals surface area (Å²) in [5.41, 5.74) is 10.8. The van der Waals surface area contributed by atoms with Crippen molar-refractivity contribution in [3.8, 4) is 33.7 Å². The minimum absolute atomic E-state index is 0.652. The lowest BCUT2D eigenvalue weighted by molar-refractivity contribution is 0.620. The van der Waals surface area contributed by atoms with Gasteiger partial charge in [0.1, 0.15) is 5.52 Å². The average Bonchev–Trinajstić information content (AvgIpc) is 3.79. The molecular weight excluding hydrogens is 641 g/mol. The molecule has 0 aliphatic rings. The van der Waals surface area contributed by atoms with E-state index in [-0.39, 0.29) is 0 Å². The van der Waals surface area contributed by atoms with E-state index in [0.29, 0.717) is 5.89 Å². The van der Waals surface area contributed by atoms with Crippen LogP contribution in [0.4, 0.5) is 17.1 Å². The molecule has 2 aromatic heterocycles. The van der Waals surface area contributed by atoms with Crippen molar-refractivity contribution in [2.75, 3.05) is 4.90 Å². The van der Waals surface area contributed by atoms with Crippen LogP contribution in [0.1, 0.15) is 0 Å². The number of benzene rings is 8. The first-order valence-electron chi connectivity index (χ1n) is 17.1. The normalized spacial score (nSPS) is 11.5. The van der Waals surface area contributed by atoms with E-state index in [1.54, 1.807) is 0 Å². The van der Waals surface area contributed by atoms with Gasteiger partial charge in [0, 0.05) is 42.8 Å². The number of rotatable bonds is 6. The van der Waals surface area contributed by atoms with Crippen molar-refractivity contribution in [1.82, 2.24) is 4.98 Å². The van der Waals surface area contributed by atoms with Gasteiger partial charge in [0.25, 0.3) is 0 Å². The highest BCUT2D eigenvalue weighted by Crippen LogP contribution is 2.43. The first-order chi connectivity index (χ1) is 25.2. The number of thiophene rings is 1. The molecule has 0 radical (unpaired) electrons. The predicted molar refractivity (Wildman–Crippen MR) is 215 cm³/mol. The molecule has 0 N–H and O–H groups in total. The number of para-hydroxylation sites is 1. The summed E-state index contributed by atoms with van der Waals surface area (Å²) in [5, 5.41) is 4.93. The SMILES string of the molecule is c1ccc(-c2nc3cc4sc5c(-c6ccc(N(c7ccccc7)c7ccc(-c8ccc9ccccc9c8)cc7)cc6)cccc5c4cc3o2)cc1. The molecule has 0 atom stereocenters. The van der Waals surface area contributed by atoms with Crippen LogP contribution in [-0.4, -0.2) is 4.98 Å². The molecule has 0 saturated heterocycles. The summed E-state index contributed by atoms with van der Waals surface area (Å²) in [6.07, 6.45) is 0. The van der Waals surface area contributed by atoms with Crippen LogP contribution in [0.2, 0.25) is 0 Å².